The minimum atomic E-state index is -3.88. The van der Waals surface area contributed by atoms with Gasteiger partial charge in [0.25, 0.3) is 0 Å². The van der Waals surface area contributed by atoms with E-state index in [-0.39, 0.29) is 0 Å². The summed E-state index contributed by atoms with van der Waals surface area (Å²) in [6, 6.07) is 0. The molecule has 0 fully saturated rings. The van der Waals surface area contributed by atoms with E-state index in [1.165, 1.54) is 14.2 Å². The van der Waals surface area contributed by atoms with Crippen molar-refractivity contribution < 1.29 is 28.0 Å². The second kappa shape index (κ2) is 7.96. The Labute approximate surface area is 95.7 Å². The molecule has 0 atom stereocenters. The van der Waals surface area contributed by atoms with Crippen molar-refractivity contribution in [2.75, 3.05) is 14.2 Å². The van der Waals surface area contributed by atoms with Crippen molar-refractivity contribution in [3.8, 4) is 0 Å². The first kappa shape index (κ1) is 18.2. The molecule has 0 saturated carbocycles. The molecule has 0 aliphatic heterocycles. The van der Waals surface area contributed by atoms with E-state index in [4.69, 9.17) is 9.79 Å². The molecule has 0 aromatic heterocycles. The van der Waals surface area contributed by atoms with Crippen LogP contribution in [0.4, 0.5) is 0 Å². The zero-order valence-electron chi connectivity index (χ0n) is 9.78. The summed E-state index contributed by atoms with van der Waals surface area (Å²) in [6.07, 6.45) is 0. The van der Waals surface area contributed by atoms with Crippen LogP contribution in [0.3, 0.4) is 0 Å². The molecule has 0 unspecified atom stereocenters. The molecule has 2 N–H and O–H groups in total. The van der Waals surface area contributed by atoms with Gasteiger partial charge in [-0.2, -0.15) is 0 Å². The van der Waals surface area contributed by atoms with Gasteiger partial charge in [-0.25, -0.2) is 0 Å². The number of hydrogen-bond acceptors (Lipinski definition) is 4. The Morgan fingerprint density at radius 3 is 1.56 bits per heavy atom. The van der Waals surface area contributed by atoms with Gasteiger partial charge in [0.05, 0.1) is 0 Å². The van der Waals surface area contributed by atoms with Gasteiger partial charge < -0.3 is 18.8 Å². The van der Waals surface area contributed by atoms with Gasteiger partial charge >= 0.3 is 15.2 Å². The Balaban J connectivity index is 0. The van der Waals surface area contributed by atoms with Gasteiger partial charge in [-0.3, -0.25) is 9.13 Å². The fourth-order valence-electron chi connectivity index (χ4n) is 0.560. The van der Waals surface area contributed by atoms with E-state index in [1.54, 1.807) is 13.8 Å². The summed E-state index contributed by atoms with van der Waals surface area (Å²) in [5.74, 6) is 2.10. The van der Waals surface area contributed by atoms with Crippen molar-refractivity contribution in [2.24, 2.45) is 0 Å². The van der Waals surface area contributed by atoms with Gasteiger partial charge in [-0.15, -0.1) is 0 Å². The van der Waals surface area contributed by atoms with Crippen LogP contribution in [0.1, 0.15) is 13.8 Å². The van der Waals surface area contributed by atoms with Crippen molar-refractivity contribution in [3.63, 3.8) is 0 Å². The summed E-state index contributed by atoms with van der Waals surface area (Å²) < 4.78 is 29.7. The highest BCUT2D eigenvalue weighted by Crippen LogP contribution is 2.46. The fraction of sp³-hybridized carbons (Fsp3) is 0.500. The van der Waals surface area contributed by atoms with Crippen LogP contribution < -0.4 is 0 Å². The van der Waals surface area contributed by atoms with Crippen molar-refractivity contribution in [2.45, 2.75) is 13.8 Å². The zero-order chi connectivity index (χ0) is 13.4. The highest BCUT2D eigenvalue weighted by molar-refractivity contribution is 7.57. The first-order chi connectivity index (χ1) is 7.10. The van der Waals surface area contributed by atoms with E-state index in [2.05, 4.69) is 15.6 Å². The maximum atomic E-state index is 10.8. The van der Waals surface area contributed by atoms with Gasteiger partial charge in [0.2, 0.25) is 0 Å². The molecule has 6 nitrogen and oxygen atoms in total. The molecule has 8 heteroatoms. The van der Waals surface area contributed by atoms with Crippen LogP contribution in [0, 0.1) is 0 Å². The maximum absolute atomic E-state index is 10.8. The first-order valence-corrected chi connectivity index (χ1v) is 7.45. The lowest BCUT2D eigenvalue weighted by atomic mass is 10.4. The monoisotopic (exact) mass is 272 g/mol. The van der Waals surface area contributed by atoms with Crippen molar-refractivity contribution in [1.29, 1.82) is 0 Å². The van der Waals surface area contributed by atoms with Gasteiger partial charge in [-0.1, -0.05) is 12.2 Å². The third-order valence-corrected chi connectivity index (χ3v) is 3.48. The normalized spacial score (nSPS) is 11.1. The van der Waals surface area contributed by atoms with Crippen LogP contribution in [-0.2, 0) is 18.2 Å². The summed E-state index contributed by atoms with van der Waals surface area (Å²) in [5.41, 5.74) is 0.637. The summed E-state index contributed by atoms with van der Waals surface area (Å²) >= 11 is 0. The summed E-state index contributed by atoms with van der Waals surface area (Å²) in [4.78, 5) is 16.4. The molecule has 0 saturated heterocycles. The highest BCUT2D eigenvalue weighted by Gasteiger charge is 2.13. The number of hydrogen-bond donors (Lipinski definition) is 2. The molecule has 0 bridgehead atoms. The minimum absolute atomic E-state index is 0.637. The van der Waals surface area contributed by atoms with Crippen LogP contribution >= 0.6 is 15.2 Å². The van der Waals surface area contributed by atoms with E-state index in [0.717, 1.165) is 11.6 Å². The van der Waals surface area contributed by atoms with Crippen LogP contribution in [-0.4, -0.2) is 24.0 Å². The van der Waals surface area contributed by atoms with E-state index in [0.29, 0.717) is 5.57 Å². The molecule has 0 aliphatic rings. The molecule has 0 amide bonds. The summed E-state index contributed by atoms with van der Waals surface area (Å²) in [6.45, 7) is 6.54. The molecule has 0 rings (SSSR count). The van der Waals surface area contributed by atoms with Gasteiger partial charge in [-0.05, 0) is 13.8 Å². The van der Waals surface area contributed by atoms with E-state index in [1.807, 2.05) is 0 Å². The number of allylic oxidation sites excluding steroid dienone is 1. The second-order valence-corrected chi connectivity index (χ2v) is 6.49. The Bertz CT molecular complexity index is 317. The molecule has 0 spiro atoms. The largest absolute Gasteiger partial charge is 0.353 e. The molecule has 0 radical (unpaired) electrons. The zero-order valence-corrected chi connectivity index (χ0v) is 11.6. The average molecular weight is 272 g/mol. The molecule has 16 heavy (non-hydrogen) atoms. The molecule has 96 valence electrons. The standard InChI is InChI=1S/2C4H9O3P/c1-4-8(5,6-2)7-3;1-4(2)3-8(5,6)7/h4H,1H2,2-3H3;3H,1-2H3,(H2,5,6,7). The van der Waals surface area contributed by atoms with E-state index < -0.39 is 15.2 Å². The Kier molecular flexibility index (Phi) is 9.03. The highest BCUT2D eigenvalue weighted by atomic mass is 31.2. The molecular weight excluding hydrogens is 254 g/mol. The van der Waals surface area contributed by atoms with Crippen LogP contribution in [0.2, 0.25) is 0 Å². The lowest BCUT2D eigenvalue weighted by molar-refractivity contribution is 0.286. The van der Waals surface area contributed by atoms with E-state index >= 15 is 0 Å². The quantitative estimate of drug-likeness (QED) is 0.764. The van der Waals surface area contributed by atoms with Gasteiger partial charge in [0.1, 0.15) is 0 Å². The van der Waals surface area contributed by atoms with Crippen molar-refractivity contribution >= 4 is 15.2 Å². The van der Waals surface area contributed by atoms with Crippen molar-refractivity contribution in [1.82, 2.24) is 0 Å². The summed E-state index contributed by atoms with van der Waals surface area (Å²) in [7, 11) is -4.16. The minimum Gasteiger partial charge on any atom is -0.321 e. The third kappa shape index (κ3) is 11.9. The molecule has 0 aliphatic carbocycles. The lowest BCUT2D eigenvalue weighted by Crippen LogP contribution is -1.81. The predicted molar refractivity (Wildman–Crippen MR) is 63.3 cm³/mol. The molecule has 0 aromatic carbocycles. The Morgan fingerprint density at radius 1 is 1.19 bits per heavy atom. The average Bonchev–Trinajstić information content (AvgIpc) is 2.14. The topological polar surface area (TPSA) is 93.1 Å². The smallest absolute Gasteiger partial charge is 0.321 e. The maximum Gasteiger partial charge on any atom is 0.353 e. The molecular formula is C8H18O6P2. The van der Waals surface area contributed by atoms with Gasteiger partial charge in [0, 0.05) is 25.9 Å². The van der Waals surface area contributed by atoms with Crippen LogP contribution in [0.25, 0.3) is 0 Å². The Morgan fingerprint density at radius 2 is 1.56 bits per heavy atom. The van der Waals surface area contributed by atoms with Crippen LogP contribution in [0.15, 0.2) is 23.8 Å². The number of rotatable bonds is 4. The molecule has 0 aromatic rings. The van der Waals surface area contributed by atoms with Gasteiger partial charge in [0.15, 0.2) is 0 Å². The SMILES string of the molecule is C=CP(=O)(OC)OC.CC(C)=CP(=O)(O)O. The predicted octanol–water partition coefficient (Wildman–Crippen LogP) is 2.70. The second-order valence-electron chi connectivity index (χ2n) is 2.88. The summed E-state index contributed by atoms with van der Waals surface area (Å²) in [5, 5.41) is 0. The third-order valence-electron chi connectivity index (χ3n) is 1.16. The fourth-order valence-corrected chi connectivity index (χ4v) is 1.68. The van der Waals surface area contributed by atoms with E-state index in [9.17, 15) is 9.13 Å². The first-order valence-electron chi connectivity index (χ1n) is 4.16. The lowest BCUT2D eigenvalue weighted by Gasteiger charge is -2.05. The van der Waals surface area contributed by atoms with Crippen LogP contribution in [0.5, 0.6) is 0 Å². The molecule has 0 heterocycles. The Hall–Kier alpha value is -0.220. The van der Waals surface area contributed by atoms with Crippen molar-refractivity contribution in [3.05, 3.63) is 23.8 Å².